The molecule has 4 rings (SSSR count). The summed E-state index contributed by atoms with van der Waals surface area (Å²) >= 11 is 0. The average molecular weight is 261 g/mol. The second-order valence-corrected chi connectivity index (χ2v) is 4.77. The zero-order chi connectivity index (χ0) is 13.4. The Morgan fingerprint density at radius 3 is 2.30 bits per heavy atom. The Morgan fingerprint density at radius 1 is 0.750 bits per heavy atom. The van der Waals surface area contributed by atoms with Gasteiger partial charge in [0.25, 0.3) is 0 Å². The molecule has 1 radical (unpaired) electrons. The van der Waals surface area contributed by atoms with Gasteiger partial charge in [-0.15, -0.1) is 0 Å². The van der Waals surface area contributed by atoms with Crippen molar-refractivity contribution in [2.75, 3.05) is 13.2 Å². The van der Waals surface area contributed by atoms with Crippen LogP contribution in [0.3, 0.4) is 0 Å². The van der Waals surface area contributed by atoms with E-state index in [1.165, 1.54) is 0 Å². The molecule has 2 nitrogen and oxygen atoms in total. The maximum Gasteiger partial charge on any atom is 0.170 e. The minimum Gasteiger partial charge on any atom is -0.485 e. The number of hydrogen-bond acceptors (Lipinski definition) is 2. The van der Waals surface area contributed by atoms with Crippen molar-refractivity contribution < 1.29 is 9.47 Å². The maximum atomic E-state index is 5.77. The van der Waals surface area contributed by atoms with Crippen LogP contribution in [0.4, 0.5) is 0 Å². The highest BCUT2D eigenvalue weighted by atomic mass is 16.6. The van der Waals surface area contributed by atoms with Gasteiger partial charge < -0.3 is 9.47 Å². The molecular weight excluding hydrogens is 248 g/mol. The van der Waals surface area contributed by atoms with Gasteiger partial charge in [0, 0.05) is 17.0 Å². The van der Waals surface area contributed by atoms with Crippen LogP contribution in [-0.4, -0.2) is 13.2 Å². The maximum absolute atomic E-state index is 5.77. The fraction of sp³-hybridized carbons (Fsp3) is 0.111. The summed E-state index contributed by atoms with van der Waals surface area (Å²) in [5.74, 6) is 1.53. The van der Waals surface area contributed by atoms with E-state index >= 15 is 0 Å². The lowest BCUT2D eigenvalue weighted by Gasteiger charge is -2.21. The SMILES string of the molecule is [c]1c2c(c3ccccc3c1-c1ccccc1)OCCO2. The van der Waals surface area contributed by atoms with Crippen LogP contribution in [0, 0.1) is 6.07 Å². The van der Waals surface area contributed by atoms with E-state index in [0.29, 0.717) is 19.0 Å². The minimum absolute atomic E-state index is 0.579. The predicted octanol–water partition coefficient (Wildman–Crippen LogP) is 4.08. The number of benzene rings is 3. The van der Waals surface area contributed by atoms with E-state index in [0.717, 1.165) is 27.6 Å². The second kappa shape index (κ2) is 4.57. The first-order chi connectivity index (χ1) is 9.93. The Kier molecular flexibility index (Phi) is 2.59. The van der Waals surface area contributed by atoms with Gasteiger partial charge in [-0.25, -0.2) is 0 Å². The van der Waals surface area contributed by atoms with Gasteiger partial charge in [0.2, 0.25) is 0 Å². The van der Waals surface area contributed by atoms with Crippen molar-refractivity contribution >= 4 is 10.8 Å². The molecule has 0 saturated carbocycles. The molecular formula is C18H13O2. The van der Waals surface area contributed by atoms with Gasteiger partial charge in [-0.2, -0.15) is 0 Å². The Balaban J connectivity index is 2.06. The molecule has 0 atom stereocenters. The third kappa shape index (κ3) is 1.73. The number of rotatable bonds is 1. The highest BCUT2D eigenvalue weighted by molar-refractivity contribution is 6.01. The van der Waals surface area contributed by atoms with E-state index < -0.39 is 0 Å². The van der Waals surface area contributed by atoms with Crippen molar-refractivity contribution in [3.05, 3.63) is 60.7 Å². The molecule has 97 valence electrons. The zero-order valence-corrected chi connectivity index (χ0v) is 10.9. The molecule has 1 aliphatic heterocycles. The van der Waals surface area contributed by atoms with E-state index in [1.54, 1.807) is 0 Å². The van der Waals surface area contributed by atoms with E-state index in [9.17, 15) is 0 Å². The van der Waals surface area contributed by atoms with Gasteiger partial charge in [0.1, 0.15) is 13.2 Å². The average Bonchev–Trinajstić information content (AvgIpc) is 2.55. The van der Waals surface area contributed by atoms with E-state index in [2.05, 4.69) is 30.3 Å². The van der Waals surface area contributed by atoms with Gasteiger partial charge in [0.15, 0.2) is 11.5 Å². The van der Waals surface area contributed by atoms with Crippen LogP contribution >= 0.6 is 0 Å². The summed E-state index contributed by atoms with van der Waals surface area (Å²) in [6.07, 6.45) is 0. The molecule has 0 amide bonds. The Hall–Kier alpha value is -2.48. The molecule has 1 heterocycles. The lowest BCUT2D eigenvalue weighted by molar-refractivity contribution is 0.173. The van der Waals surface area contributed by atoms with Crippen molar-refractivity contribution in [2.24, 2.45) is 0 Å². The van der Waals surface area contributed by atoms with Crippen LogP contribution in [0.15, 0.2) is 54.6 Å². The molecule has 0 fully saturated rings. The van der Waals surface area contributed by atoms with Crippen LogP contribution in [0.5, 0.6) is 11.5 Å². The van der Waals surface area contributed by atoms with Crippen molar-refractivity contribution in [3.8, 4) is 22.6 Å². The molecule has 0 aromatic heterocycles. The largest absolute Gasteiger partial charge is 0.485 e. The summed E-state index contributed by atoms with van der Waals surface area (Å²) < 4.78 is 11.5. The van der Waals surface area contributed by atoms with Crippen LogP contribution in [0.2, 0.25) is 0 Å². The summed E-state index contributed by atoms with van der Waals surface area (Å²) in [7, 11) is 0. The first-order valence-corrected chi connectivity index (χ1v) is 6.72. The molecule has 0 N–H and O–H groups in total. The molecule has 1 aliphatic rings. The molecule has 0 unspecified atom stereocenters. The summed E-state index contributed by atoms with van der Waals surface area (Å²) in [6.45, 7) is 1.17. The van der Waals surface area contributed by atoms with Gasteiger partial charge in [-0.05, 0) is 10.9 Å². The zero-order valence-electron chi connectivity index (χ0n) is 10.9. The standard InChI is InChI=1S/C18H13O2/c1-2-6-13(7-3-1)16-12-17-18(20-11-10-19-17)15-9-5-4-8-14(15)16/h1-9H,10-11H2. The molecule has 3 aromatic carbocycles. The number of ether oxygens (including phenoxy) is 2. The fourth-order valence-corrected chi connectivity index (χ4v) is 2.62. The van der Waals surface area contributed by atoms with Crippen LogP contribution in [0.1, 0.15) is 0 Å². The third-order valence-corrected chi connectivity index (χ3v) is 3.52. The summed E-state index contributed by atoms with van der Waals surface area (Å²) in [6, 6.07) is 21.9. The van der Waals surface area contributed by atoms with E-state index in [-0.39, 0.29) is 0 Å². The summed E-state index contributed by atoms with van der Waals surface area (Å²) in [4.78, 5) is 0. The lowest BCUT2D eigenvalue weighted by Crippen LogP contribution is -2.15. The first-order valence-electron chi connectivity index (χ1n) is 6.72. The topological polar surface area (TPSA) is 18.5 Å². The number of hydrogen-bond donors (Lipinski definition) is 0. The second-order valence-electron chi connectivity index (χ2n) is 4.77. The fourth-order valence-electron chi connectivity index (χ4n) is 2.62. The Labute approximate surface area is 117 Å². The van der Waals surface area contributed by atoms with E-state index in [1.807, 2.05) is 30.3 Å². The summed E-state index contributed by atoms with van der Waals surface area (Å²) in [5, 5.41) is 2.22. The van der Waals surface area contributed by atoms with Gasteiger partial charge in [0.05, 0.1) is 0 Å². The Morgan fingerprint density at radius 2 is 1.45 bits per heavy atom. The molecule has 20 heavy (non-hydrogen) atoms. The highest BCUT2D eigenvalue weighted by Gasteiger charge is 2.18. The molecule has 0 bridgehead atoms. The number of fused-ring (bicyclic) bond motifs is 3. The monoisotopic (exact) mass is 261 g/mol. The van der Waals surface area contributed by atoms with Gasteiger partial charge in [-0.3, -0.25) is 0 Å². The summed E-state index contributed by atoms with van der Waals surface area (Å²) in [5.41, 5.74) is 2.20. The lowest BCUT2D eigenvalue weighted by atomic mass is 9.97. The highest BCUT2D eigenvalue weighted by Crippen LogP contribution is 2.42. The molecule has 0 aliphatic carbocycles. The van der Waals surface area contributed by atoms with Crippen LogP contribution < -0.4 is 9.47 Å². The normalized spacial score (nSPS) is 13.4. The molecule has 0 saturated heterocycles. The van der Waals surface area contributed by atoms with Crippen molar-refractivity contribution in [1.82, 2.24) is 0 Å². The molecule has 2 heteroatoms. The van der Waals surface area contributed by atoms with Crippen LogP contribution in [0.25, 0.3) is 21.9 Å². The smallest absolute Gasteiger partial charge is 0.170 e. The minimum atomic E-state index is 0.579. The van der Waals surface area contributed by atoms with Crippen molar-refractivity contribution in [2.45, 2.75) is 0 Å². The van der Waals surface area contributed by atoms with Crippen molar-refractivity contribution in [1.29, 1.82) is 0 Å². The first kappa shape index (κ1) is 11.4. The van der Waals surface area contributed by atoms with Crippen LogP contribution in [-0.2, 0) is 0 Å². The van der Waals surface area contributed by atoms with Gasteiger partial charge in [-0.1, -0.05) is 54.6 Å². The van der Waals surface area contributed by atoms with Crippen molar-refractivity contribution in [3.63, 3.8) is 0 Å². The third-order valence-electron chi connectivity index (χ3n) is 3.52. The molecule has 3 aromatic rings. The quantitative estimate of drug-likeness (QED) is 0.657. The predicted molar refractivity (Wildman–Crippen MR) is 79.2 cm³/mol. The Bertz CT molecular complexity index is 763. The van der Waals surface area contributed by atoms with Gasteiger partial charge >= 0.3 is 0 Å². The molecule has 0 spiro atoms. The van der Waals surface area contributed by atoms with E-state index in [4.69, 9.17) is 9.47 Å².